The number of amides is 1. The van der Waals surface area contributed by atoms with Crippen LogP contribution < -0.4 is 11.1 Å². The zero-order chi connectivity index (χ0) is 13.4. The van der Waals surface area contributed by atoms with E-state index in [0.29, 0.717) is 24.3 Å². The van der Waals surface area contributed by atoms with E-state index in [0.717, 1.165) is 32.0 Å². The summed E-state index contributed by atoms with van der Waals surface area (Å²) in [5, 5.41) is 3.25. The van der Waals surface area contributed by atoms with Gasteiger partial charge >= 0.3 is 0 Å². The Hall–Kier alpha value is -0.0300. The number of likely N-dealkylation sites (tertiary alicyclic amines) is 1. The minimum atomic E-state index is 0. The van der Waals surface area contributed by atoms with Crippen molar-refractivity contribution in [3.05, 3.63) is 0 Å². The Balaban J connectivity index is 0.00000110. The highest BCUT2D eigenvalue weighted by Crippen LogP contribution is 2.32. The van der Waals surface area contributed by atoms with E-state index in [-0.39, 0.29) is 36.8 Å². The smallest absolute Gasteiger partial charge is 0.220 e. The van der Waals surface area contributed by atoms with Gasteiger partial charge in [-0.05, 0) is 37.5 Å². The summed E-state index contributed by atoms with van der Waals surface area (Å²) in [6.45, 7) is 4.46. The molecule has 0 aromatic carbocycles. The largest absolute Gasteiger partial charge is 0.352 e. The fourth-order valence-electron chi connectivity index (χ4n) is 3.75. The van der Waals surface area contributed by atoms with Gasteiger partial charge in [0.15, 0.2) is 0 Å². The summed E-state index contributed by atoms with van der Waals surface area (Å²) in [7, 11) is 0. The van der Waals surface area contributed by atoms with Crippen LogP contribution in [0.5, 0.6) is 0 Å². The van der Waals surface area contributed by atoms with E-state index in [1.807, 2.05) is 0 Å². The second-order valence-corrected chi connectivity index (χ2v) is 6.90. The van der Waals surface area contributed by atoms with Gasteiger partial charge in [-0.25, -0.2) is 0 Å². The van der Waals surface area contributed by atoms with Crippen LogP contribution in [-0.2, 0) is 4.79 Å². The maximum absolute atomic E-state index is 12.2. The van der Waals surface area contributed by atoms with Gasteiger partial charge in [0.1, 0.15) is 0 Å². The molecular formula is C15H29Cl2N3O. The summed E-state index contributed by atoms with van der Waals surface area (Å²) in [4.78, 5) is 14.7. The van der Waals surface area contributed by atoms with Crippen molar-refractivity contribution in [3.63, 3.8) is 0 Å². The second-order valence-electron chi connectivity index (χ2n) is 6.90. The first-order valence-corrected chi connectivity index (χ1v) is 7.92. The molecule has 2 aliphatic carbocycles. The molecule has 1 amide bonds. The number of halogens is 2. The van der Waals surface area contributed by atoms with Crippen molar-refractivity contribution in [2.24, 2.45) is 17.6 Å². The van der Waals surface area contributed by atoms with Gasteiger partial charge in [-0.2, -0.15) is 0 Å². The first-order chi connectivity index (χ1) is 9.13. The number of nitrogens with one attached hydrogen (secondary N) is 1. The van der Waals surface area contributed by atoms with E-state index in [4.69, 9.17) is 5.73 Å². The van der Waals surface area contributed by atoms with Crippen LogP contribution in [0.3, 0.4) is 0 Å². The van der Waals surface area contributed by atoms with Gasteiger partial charge in [0, 0.05) is 37.6 Å². The number of hydrogen-bond donors (Lipinski definition) is 2. The fraction of sp³-hybridized carbons (Fsp3) is 0.933. The maximum Gasteiger partial charge on any atom is 0.220 e. The zero-order valence-electron chi connectivity index (χ0n) is 12.8. The fourth-order valence-corrected chi connectivity index (χ4v) is 3.75. The second kappa shape index (κ2) is 8.00. The molecule has 1 saturated heterocycles. The molecule has 0 radical (unpaired) electrons. The van der Waals surface area contributed by atoms with Crippen LogP contribution in [0.15, 0.2) is 0 Å². The third-order valence-electron chi connectivity index (χ3n) is 5.22. The van der Waals surface area contributed by atoms with Crippen LogP contribution >= 0.6 is 24.8 Å². The molecule has 3 rings (SSSR count). The van der Waals surface area contributed by atoms with Gasteiger partial charge < -0.3 is 11.1 Å². The van der Waals surface area contributed by atoms with Crippen molar-refractivity contribution in [2.45, 2.75) is 63.6 Å². The summed E-state index contributed by atoms with van der Waals surface area (Å²) < 4.78 is 0. The Kier molecular flexibility index (Phi) is 7.25. The number of nitrogens with two attached hydrogens (primary N) is 1. The first-order valence-electron chi connectivity index (χ1n) is 7.92. The number of carbonyl (C=O) groups excluding carboxylic acids is 1. The normalized spacial score (nSPS) is 35.9. The average molecular weight is 338 g/mol. The summed E-state index contributed by atoms with van der Waals surface area (Å²) in [5.41, 5.74) is 6.04. The SMILES string of the molecule is CC1CN(C2CC2)CC1NC(=O)C[C@@H]1CCC[C@H]1N.Cl.Cl. The van der Waals surface area contributed by atoms with E-state index in [9.17, 15) is 4.79 Å². The molecule has 0 spiro atoms. The van der Waals surface area contributed by atoms with E-state index >= 15 is 0 Å². The Morgan fingerprint density at radius 1 is 1.19 bits per heavy atom. The highest BCUT2D eigenvalue weighted by Gasteiger charge is 2.38. The molecule has 4 nitrogen and oxygen atoms in total. The van der Waals surface area contributed by atoms with E-state index in [1.54, 1.807) is 0 Å². The standard InChI is InChI=1S/C15H27N3O.2ClH/c1-10-8-18(12-5-6-12)9-14(10)17-15(19)7-11-3-2-4-13(11)16;;/h10-14H,2-9,16H2,1H3,(H,17,19);2*1H/t10?,11-,13+,14?;;/m0../s1. The monoisotopic (exact) mass is 337 g/mol. The lowest BCUT2D eigenvalue weighted by Gasteiger charge is -2.20. The highest BCUT2D eigenvalue weighted by atomic mass is 35.5. The molecule has 6 heteroatoms. The summed E-state index contributed by atoms with van der Waals surface area (Å²) in [6.07, 6.45) is 6.74. The quantitative estimate of drug-likeness (QED) is 0.824. The molecule has 0 aromatic heterocycles. The van der Waals surface area contributed by atoms with Crippen molar-refractivity contribution in [2.75, 3.05) is 13.1 Å². The molecule has 0 aromatic rings. The van der Waals surface area contributed by atoms with Crippen molar-refractivity contribution >= 4 is 30.7 Å². The minimum absolute atomic E-state index is 0. The van der Waals surface area contributed by atoms with Crippen LogP contribution in [0.1, 0.15) is 45.4 Å². The first kappa shape index (κ1) is 19.0. The summed E-state index contributed by atoms with van der Waals surface area (Å²) in [5.74, 6) is 1.22. The molecule has 3 N–H and O–H groups in total. The molecule has 3 fully saturated rings. The molecule has 21 heavy (non-hydrogen) atoms. The van der Waals surface area contributed by atoms with Gasteiger partial charge in [0.25, 0.3) is 0 Å². The third kappa shape index (κ3) is 4.72. The zero-order valence-corrected chi connectivity index (χ0v) is 14.4. The van der Waals surface area contributed by atoms with Crippen molar-refractivity contribution < 1.29 is 4.79 Å². The van der Waals surface area contributed by atoms with Gasteiger partial charge in [-0.1, -0.05) is 13.3 Å². The van der Waals surface area contributed by atoms with Crippen molar-refractivity contribution in [1.29, 1.82) is 0 Å². The lowest BCUT2D eigenvalue weighted by molar-refractivity contribution is -0.122. The molecule has 4 atom stereocenters. The van der Waals surface area contributed by atoms with Gasteiger partial charge in [-0.15, -0.1) is 24.8 Å². The van der Waals surface area contributed by atoms with Crippen molar-refractivity contribution in [3.8, 4) is 0 Å². The van der Waals surface area contributed by atoms with Crippen LogP contribution in [0, 0.1) is 11.8 Å². The predicted octanol–water partition coefficient (Wildman–Crippen LogP) is 1.95. The van der Waals surface area contributed by atoms with E-state index in [1.165, 1.54) is 19.3 Å². The molecule has 124 valence electrons. The maximum atomic E-state index is 12.2. The van der Waals surface area contributed by atoms with E-state index in [2.05, 4.69) is 17.1 Å². The predicted molar refractivity (Wildman–Crippen MR) is 90.1 cm³/mol. The summed E-state index contributed by atoms with van der Waals surface area (Å²) >= 11 is 0. The Bertz CT molecular complexity index is 352. The summed E-state index contributed by atoms with van der Waals surface area (Å²) in [6, 6.07) is 1.41. The van der Waals surface area contributed by atoms with Gasteiger partial charge in [0.2, 0.25) is 5.91 Å². The molecular weight excluding hydrogens is 309 g/mol. The lowest BCUT2D eigenvalue weighted by Crippen LogP contribution is -2.41. The van der Waals surface area contributed by atoms with Crippen LogP contribution in [0.4, 0.5) is 0 Å². The number of carbonyl (C=O) groups is 1. The lowest BCUT2D eigenvalue weighted by atomic mass is 9.99. The number of nitrogens with zero attached hydrogens (tertiary/aromatic N) is 1. The molecule has 1 heterocycles. The van der Waals surface area contributed by atoms with Gasteiger partial charge in [-0.3, -0.25) is 9.69 Å². The van der Waals surface area contributed by atoms with Gasteiger partial charge in [0.05, 0.1) is 0 Å². The number of rotatable bonds is 4. The minimum Gasteiger partial charge on any atom is -0.352 e. The van der Waals surface area contributed by atoms with Crippen LogP contribution in [0.25, 0.3) is 0 Å². The Morgan fingerprint density at radius 2 is 1.90 bits per heavy atom. The topological polar surface area (TPSA) is 58.4 Å². The number of hydrogen-bond acceptors (Lipinski definition) is 3. The Morgan fingerprint density at radius 3 is 2.48 bits per heavy atom. The molecule has 1 aliphatic heterocycles. The molecule has 3 aliphatic rings. The van der Waals surface area contributed by atoms with Crippen LogP contribution in [0.2, 0.25) is 0 Å². The average Bonchev–Trinajstić information content (AvgIpc) is 3.05. The molecule has 2 saturated carbocycles. The third-order valence-corrected chi connectivity index (χ3v) is 5.22. The Labute approximate surface area is 140 Å². The molecule has 0 bridgehead atoms. The van der Waals surface area contributed by atoms with Crippen LogP contribution in [-0.4, -0.2) is 42.0 Å². The molecule has 2 unspecified atom stereocenters. The highest BCUT2D eigenvalue weighted by molar-refractivity contribution is 5.85. The van der Waals surface area contributed by atoms with Crippen molar-refractivity contribution in [1.82, 2.24) is 10.2 Å². The van der Waals surface area contributed by atoms with E-state index < -0.39 is 0 Å².